The third kappa shape index (κ3) is 2.13. The van der Waals surface area contributed by atoms with Gasteiger partial charge in [0.05, 0.1) is 11.0 Å². The first kappa shape index (κ1) is 10.8. The molecule has 0 bridgehead atoms. The van der Waals surface area contributed by atoms with E-state index in [0.29, 0.717) is 5.25 Å². The molecule has 4 heteroatoms. The van der Waals surface area contributed by atoms with Crippen LogP contribution in [-0.2, 0) is 7.05 Å². The average Bonchev–Trinajstić information content (AvgIpc) is 2.42. The van der Waals surface area contributed by atoms with E-state index in [-0.39, 0.29) is 0 Å². The van der Waals surface area contributed by atoms with Crippen molar-refractivity contribution in [1.29, 1.82) is 0 Å². The zero-order valence-corrected chi connectivity index (χ0v) is 10.6. The number of benzene rings is 1. The predicted molar refractivity (Wildman–Crippen MR) is 66.7 cm³/mol. The van der Waals surface area contributed by atoms with E-state index >= 15 is 0 Å². The molecule has 0 aliphatic rings. The number of fused-ring (bicyclic) bond motifs is 1. The van der Waals surface area contributed by atoms with Gasteiger partial charge in [-0.25, -0.2) is 4.98 Å². The monoisotopic (exact) mass is 240 g/mol. The summed E-state index contributed by atoms with van der Waals surface area (Å²) in [5.74, 6) is 0. The van der Waals surface area contributed by atoms with Crippen molar-refractivity contribution >= 4 is 34.4 Å². The number of thioether (sulfide) groups is 1. The Hall–Kier alpha value is -0.670. The van der Waals surface area contributed by atoms with Gasteiger partial charge < -0.3 is 4.57 Å². The molecule has 1 heterocycles. The van der Waals surface area contributed by atoms with Crippen molar-refractivity contribution in [2.75, 3.05) is 0 Å². The molecule has 2 aromatic rings. The Kier molecular flexibility index (Phi) is 2.94. The highest BCUT2D eigenvalue weighted by atomic mass is 35.5. The standard InChI is InChI=1S/C11H13ClN2S/c1-7(2)15-11-13-9-6-8(12)4-5-10(9)14(11)3/h4-7H,1-3H3. The van der Waals surface area contributed by atoms with E-state index in [4.69, 9.17) is 11.6 Å². The molecule has 0 fully saturated rings. The van der Waals surface area contributed by atoms with Crippen molar-refractivity contribution in [3.05, 3.63) is 23.2 Å². The summed E-state index contributed by atoms with van der Waals surface area (Å²) in [6.07, 6.45) is 0. The van der Waals surface area contributed by atoms with Crippen LogP contribution >= 0.6 is 23.4 Å². The number of aromatic nitrogens is 2. The van der Waals surface area contributed by atoms with Crippen LogP contribution in [0.4, 0.5) is 0 Å². The van der Waals surface area contributed by atoms with E-state index in [1.807, 2.05) is 25.2 Å². The lowest BCUT2D eigenvalue weighted by Crippen LogP contribution is -1.94. The number of halogens is 1. The maximum atomic E-state index is 5.93. The molecule has 0 unspecified atom stereocenters. The first-order valence-corrected chi connectivity index (χ1v) is 6.12. The minimum Gasteiger partial charge on any atom is -0.322 e. The quantitative estimate of drug-likeness (QED) is 0.745. The number of hydrogen-bond acceptors (Lipinski definition) is 2. The molecule has 0 aliphatic carbocycles. The van der Waals surface area contributed by atoms with Gasteiger partial charge in [0.25, 0.3) is 0 Å². The van der Waals surface area contributed by atoms with Crippen molar-refractivity contribution in [2.45, 2.75) is 24.3 Å². The van der Waals surface area contributed by atoms with Crippen molar-refractivity contribution in [3.63, 3.8) is 0 Å². The summed E-state index contributed by atoms with van der Waals surface area (Å²) >= 11 is 7.70. The van der Waals surface area contributed by atoms with Crippen molar-refractivity contribution in [3.8, 4) is 0 Å². The van der Waals surface area contributed by atoms with E-state index in [1.54, 1.807) is 11.8 Å². The highest BCUT2D eigenvalue weighted by Gasteiger charge is 2.09. The Morgan fingerprint density at radius 1 is 1.40 bits per heavy atom. The highest BCUT2D eigenvalue weighted by molar-refractivity contribution is 7.99. The SMILES string of the molecule is CC(C)Sc1nc2cc(Cl)ccc2n1C. The van der Waals surface area contributed by atoms with Gasteiger partial charge in [-0.1, -0.05) is 37.2 Å². The zero-order chi connectivity index (χ0) is 11.0. The summed E-state index contributed by atoms with van der Waals surface area (Å²) in [5.41, 5.74) is 2.09. The van der Waals surface area contributed by atoms with E-state index < -0.39 is 0 Å². The maximum Gasteiger partial charge on any atom is 0.169 e. The van der Waals surface area contributed by atoms with Crippen LogP contribution in [0.5, 0.6) is 0 Å². The van der Waals surface area contributed by atoms with Gasteiger partial charge in [-0.3, -0.25) is 0 Å². The van der Waals surface area contributed by atoms with Crippen LogP contribution in [0.1, 0.15) is 13.8 Å². The molecular weight excluding hydrogens is 228 g/mol. The summed E-state index contributed by atoms with van der Waals surface area (Å²) in [4.78, 5) is 4.55. The number of aryl methyl sites for hydroxylation is 1. The Balaban J connectivity index is 2.54. The van der Waals surface area contributed by atoms with Crippen LogP contribution in [-0.4, -0.2) is 14.8 Å². The van der Waals surface area contributed by atoms with Gasteiger partial charge in [0.1, 0.15) is 0 Å². The molecule has 2 rings (SSSR count). The van der Waals surface area contributed by atoms with E-state index in [0.717, 1.165) is 21.2 Å². The maximum absolute atomic E-state index is 5.93. The molecule has 80 valence electrons. The lowest BCUT2D eigenvalue weighted by Gasteiger charge is -2.03. The molecule has 2 nitrogen and oxygen atoms in total. The number of imidazole rings is 1. The topological polar surface area (TPSA) is 17.8 Å². The molecular formula is C11H13ClN2S. The highest BCUT2D eigenvalue weighted by Crippen LogP contribution is 2.27. The molecule has 1 aromatic carbocycles. The van der Waals surface area contributed by atoms with Crippen LogP contribution in [0.3, 0.4) is 0 Å². The second-order valence-corrected chi connectivity index (χ2v) is 5.73. The van der Waals surface area contributed by atoms with Crippen LogP contribution < -0.4 is 0 Å². The second kappa shape index (κ2) is 4.06. The Bertz CT molecular complexity index is 491. The normalized spacial score (nSPS) is 11.5. The third-order valence-electron chi connectivity index (χ3n) is 2.14. The van der Waals surface area contributed by atoms with E-state index in [9.17, 15) is 0 Å². The fraction of sp³-hybridized carbons (Fsp3) is 0.364. The molecule has 0 radical (unpaired) electrons. The zero-order valence-electron chi connectivity index (χ0n) is 8.99. The Labute approximate surface area is 98.6 Å². The predicted octanol–water partition coefficient (Wildman–Crippen LogP) is 3.73. The first-order valence-electron chi connectivity index (χ1n) is 4.86. The fourth-order valence-electron chi connectivity index (χ4n) is 1.47. The van der Waals surface area contributed by atoms with Crippen LogP contribution in [0.2, 0.25) is 5.02 Å². The van der Waals surface area contributed by atoms with Gasteiger partial charge in [-0.15, -0.1) is 0 Å². The first-order chi connectivity index (χ1) is 7.08. The van der Waals surface area contributed by atoms with E-state index in [1.165, 1.54) is 0 Å². The minimum atomic E-state index is 0.538. The molecule has 15 heavy (non-hydrogen) atoms. The Morgan fingerprint density at radius 2 is 2.13 bits per heavy atom. The molecule has 1 aromatic heterocycles. The number of nitrogens with zero attached hydrogens (tertiary/aromatic N) is 2. The van der Waals surface area contributed by atoms with Gasteiger partial charge in [-0.2, -0.15) is 0 Å². The summed E-state index contributed by atoms with van der Waals surface area (Å²) in [6.45, 7) is 4.33. The minimum absolute atomic E-state index is 0.538. The molecule has 0 N–H and O–H groups in total. The largest absolute Gasteiger partial charge is 0.322 e. The molecule has 0 saturated carbocycles. The second-order valence-electron chi connectivity index (χ2n) is 3.75. The van der Waals surface area contributed by atoms with Crippen LogP contribution in [0, 0.1) is 0 Å². The van der Waals surface area contributed by atoms with Crippen molar-refractivity contribution in [2.24, 2.45) is 7.05 Å². The van der Waals surface area contributed by atoms with Crippen molar-refractivity contribution < 1.29 is 0 Å². The van der Waals surface area contributed by atoms with Crippen LogP contribution in [0.25, 0.3) is 11.0 Å². The summed E-state index contributed by atoms with van der Waals surface area (Å²) in [7, 11) is 2.04. The van der Waals surface area contributed by atoms with Gasteiger partial charge in [0.2, 0.25) is 0 Å². The van der Waals surface area contributed by atoms with Gasteiger partial charge in [0, 0.05) is 17.3 Å². The molecule has 0 amide bonds. The summed E-state index contributed by atoms with van der Waals surface area (Å²) < 4.78 is 2.11. The average molecular weight is 241 g/mol. The molecule has 0 aliphatic heterocycles. The molecule has 0 spiro atoms. The van der Waals surface area contributed by atoms with Crippen LogP contribution in [0.15, 0.2) is 23.4 Å². The van der Waals surface area contributed by atoms with Gasteiger partial charge in [0.15, 0.2) is 5.16 Å². The lowest BCUT2D eigenvalue weighted by atomic mass is 10.3. The smallest absolute Gasteiger partial charge is 0.169 e. The van der Waals surface area contributed by atoms with E-state index in [2.05, 4.69) is 23.4 Å². The number of hydrogen-bond donors (Lipinski definition) is 0. The van der Waals surface area contributed by atoms with Gasteiger partial charge >= 0.3 is 0 Å². The third-order valence-corrected chi connectivity index (χ3v) is 3.43. The fourth-order valence-corrected chi connectivity index (χ4v) is 2.46. The number of rotatable bonds is 2. The summed E-state index contributed by atoms with van der Waals surface area (Å²) in [6, 6.07) is 5.81. The lowest BCUT2D eigenvalue weighted by molar-refractivity contribution is 0.811. The van der Waals surface area contributed by atoms with Crippen molar-refractivity contribution in [1.82, 2.24) is 9.55 Å². The Morgan fingerprint density at radius 3 is 2.80 bits per heavy atom. The van der Waals surface area contributed by atoms with Gasteiger partial charge in [-0.05, 0) is 18.2 Å². The summed E-state index contributed by atoms with van der Waals surface area (Å²) in [5, 5.41) is 2.32. The molecule has 0 atom stereocenters. The molecule has 0 saturated heterocycles.